The molecule has 1 aromatic carbocycles. The number of urea groups is 1. The van der Waals surface area contributed by atoms with Gasteiger partial charge in [0, 0.05) is 24.4 Å². The summed E-state index contributed by atoms with van der Waals surface area (Å²) in [4.78, 5) is 16.4. The lowest BCUT2D eigenvalue weighted by atomic mass is 10.2. The lowest BCUT2D eigenvalue weighted by Gasteiger charge is -2.15. The van der Waals surface area contributed by atoms with E-state index in [0.29, 0.717) is 11.7 Å². The van der Waals surface area contributed by atoms with Gasteiger partial charge < -0.3 is 15.1 Å². The van der Waals surface area contributed by atoms with Crippen molar-refractivity contribution in [3.8, 4) is 11.3 Å². The summed E-state index contributed by atoms with van der Waals surface area (Å²) in [5, 5.41) is 9.82. The van der Waals surface area contributed by atoms with Crippen LogP contribution in [0.15, 0.2) is 53.3 Å². The normalized spacial score (nSPS) is 13.2. The second-order valence-electron chi connectivity index (χ2n) is 5.94. The van der Waals surface area contributed by atoms with Crippen molar-refractivity contribution in [2.24, 2.45) is 7.05 Å². The van der Waals surface area contributed by atoms with Gasteiger partial charge in [-0.3, -0.25) is 4.68 Å². The Balaban J connectivity index is 1.59. The minimum atomic E-state index is -0.349. The van der Waals surface area contributed by atoms with E-state index in [0.717, 1.165) is 11.1 Å². The Morgan fingerprint density at radius 2 is 1.84 bits per heavy atom. The third kappa shape index (κ3) is 4.06. The number of hydrogen-bond acceptors (Lipinski definition) is 4. The van der Waals surface area contributed by atoms with E-state index < -0.39 is 0 Å². The van der Waals surface area contributed by atoms with E-state index in [1.165, 1.54) is 0 Å². The van der Waals surface area contributed by atoms with Crippen molar-refractivity contribution in [1.82, 2.24) is 25.4 Å². The second-order valence-corrected chi connectivity index (χ2v) is 5.94. The summed E-state index contributed by atoms with van der Waals surface area (Å²) >= 11 is 0. The van der Waals surface area contributed by atoms with Crippen LogP contribution in [0.1, 0.15) is 37.4 Å². The van der Waals surface area contributed by atoms with Gasteiger partial charge in [-0.15, -0.1) is 0 Å². The lowest BCUT2D eigenvalue weighted by Crippen LogP contribution is -2.38. The number of nitrogens with one attached hydrogen (secondary N) is 2. The number of carbonyl (C=O) groups is 1. The van der Waals surface area contributed by atoms with Crippen LogP contribution in [0, 0.1) is 0 Å². The van der Waals surface area contributed by atoms with E-state index in [-0.39, 0.29) is 18.1 Å². The molecule has 2 aromatic heterocycles. The van der Waals surface area contributed by atoms with Gasteiger partial charge in [0.2, 0.25) is 5.89 Å². The van der Waals surface area contributed by atoms with Crippen LogP contribution in [0.5, 0.6) is 0 Å². The molecule has 0 bridgehead atoms. The molecule has 2 amide bonds. The number of aryl methyl sites for hydroxylation is 1. The van der Waals surface area contributed by atoms with Crippen LogP contribution in [0.3, 0.4) is 0 Å². The fourth-order valence-electron chi connectivity index (χ4n) is 2.47. The fraction of sp³-hybridized carbons (Fsp3) is 0.278. The number of oxazole rings is 1. The molecule has 2 N–H and O–H groups in total. The van der Waals surface area contributed by atoms with Crippen molar-refractivity contribution < 1.29 is 9.21 Å². The van der Waals surface area contributed by atoms with Crippen LogP contribution in [-0.4, -0.2) is 20.8 Å². The van der Waals surface area contributed by atoms with Gasteiger partial charge in [0.15, 0.2) is 5.76 Å². The Bertz CT molecular complexity index is 840. The largest absolute Gasteiger partial charge is 0.438 e. The van der Waals surface area contributed by atoms with Gasteiger partial charge in [-0.05, 0) is 13.8 Å². The zero-order valence-corrected chi connectivity index (χ0v) is 14.4. The molecule has 3 rings (SSSR count). The summed E-state index contributed by atoms with van der Waals surface area (Å²) < 4.78 is 7.46. The molecule has 0 unspecified atom stereocenters. The van der Waals surface area contributed by atoms with E-state index in [2.05, 4.69) is 20.7 Å². The predicted molar refractivity (Wildman–Crippen MR) is 93.6 cm³/mol. The third-order valence-electron chi connectivity index (χ3n) is 3.87. The number of nitrogens with zero attached hydrogens (tertiary/aromatic N) is 3. The summed E-state index contributed by atoms with van der Waals surface area (Å²) in [7, 11) is 1.84. The first-order valence-electron chi connectivity index (χ1n) is 8.09. The topological polar surface area (TPSA) is 85.0 Å². The van der Waals surface area contributed by atoms with Crippen molar-refractivity contribution in [3.05, 3.63) is 60.4 Å². The first-order valence-corrected chi connectivity index (χ1v) is 8.09. The highest BCUT2D eigenvalue weighted by molar-refractivity contribution is 5.74. The van der Waals surface area contributed by atoms with E-state index in [1.807, 2.05) is 57.4 Å². The molecule has 0 radical (unpaired) electrons. The van der Waals surface area contributed by atoms with Gasteiger partial charge in [0.25, 0.3) is 0 Å². The van der Waals surface area contributed by atoms with Gasteiger partial charge in [0.05, 0.1) is 18.4 Å². The molecule has 0 aliphatic rings. The van der Waals surface area contributed by atoms with Crippen LogP contribution >= 0.6 is 0 Å². The SMILES string of the molecule is C[C@H](NC(=O)N[C@H](C)c1ncc(-c2ccccc2)o1)c1cnn(C)c1. The molecule has 0 saturated carbocycles. The molecular formula is C18H21N5O2. The molecule has 7 heteroatoms. The number of carbonyl (C=O) groups excluding carboxylic acids is 1. The molecular weight excluding hydrogens is 318 g/mol. The van der Waals surface area contributed by atoms with Crippen molar-refractivity contribution >= 4 is 6.03 Å². The second kappa shape index (κ2) is 7.21. The van der Waals surface area contributed by atoms with Crippen LogP contribution in [0.25, 0.3) is 11.3 Å². The van der Waals surface area contributed by atoms with Crippen LogP contribution in [0.4, 0.5) is 4.79 Å². The zero-order chi connectivity index (χ0) is 17.8. The van der Waals surface area contributed by atoms with Gasteiger partial charge in [-0.1, -0.05) is 30.3 Å². The first-order chi connectivity index (χ1) is 12.0. The Hall–Kier alpha value is -3.09. The lowest BCUT2D eigenvalue weighted by molar-refractivity contribution is 0.232. The van der Waals surface area contributed by atoms with E-state index >= 15 is 0 Å². The Kier molecular flexibility index (Phi) is 4.83. The van der Waals surface area contributed by atoms with Crippen LogP contribution in [-0.2, 0) is 7.05 Å². The molecule has 0 saturated heterocycles. The monoisotopic (exact) mass is 339 g/mol. The summed E-state index contributed by atoms with van der Waals surface area (Å²) in [5.74, 6) is 1.14. The van der Waals surface area contributed by atoms with Gasteiger partial charge in [-0.25, -0.2) is 9.78 Å². The predicted octanol–water partition coefficient (Wildman–Crippen LogP) is 3.20. The molecule has 0 fully saturated rings. The number of hydrogen-bond donors (Lipinski definition) is 2. The molecule has 0 aliphatic heterocycles. The van der Waals surface area contributed by atoms with Crippen LogP contribution < -0.4 is 10.6 Å². The van der Waals surface area contributed by atoms with Gasteiger partial charge in [-0.2, -0.15) is 5.10 Å². The first kappa shape index (κ1) is 16.8. The highest BCUT2D eigenvalue weighted by atomic mass is 16.4. The zero-order valence-electron chi connectivity index (χ0n) is 14.4. The average Bonchev–Trinajstić information content (AvgIpc) is 3.24. The minimum Gasteiger partial charge on any atom is -0.438 e. The van der Waals surface area contributed by atoms with Gasteiger partial charge >= 0.3 is 6.03 Å². The highest BCUT2D eigenvalue weighted by Gasteiger charge is 2.17. The molecule has 3 aromatic rings. The quantitative estimate of drug-likeness (QED) is 0.747. The number of rotatable bonds is 5. The van der Waals surface area contributed by atoms with Crippen molar-refractivity contribution in [1.29, 1.82) is 0 Å². The Morgan fingerprint density at radius 1 is 1.12 bits per heavy atom. The minimum absolute atomic E-state index is 0.148. The number of aromatic nitrogens is 3. The highest BCUT2D eigenvalue weighted by Crippen LogP contribution is 2.22. The maximum atomic E-state index is 12.2. The van der Waals surface area contributed by atoms with Crippen molar-refractivity contribution in [3.63, 3.8) is 0 Å². The average molecular weight is 339 g/mol. The summed E-state index contributed by atoms with van der Waals surface area (Å²) in [6, 6.07) is 8.93. The number of benzene rings is 1. The smallest absolute Gasteiger partial charge is 0.315 e. The van der Waals surface area contributed by atoms with Crippen molar-refractivity contribution in [2.75, 3.05) is 0 Å². The summed E-state index contributed by atoms with van der Waals surface area (Å²) in [5.41, 5.74) is 1.89. The van der Waals surface area contributed by atoms with E-state index in [9.17, 15) is 4.79 Å². The molecule has 7 nitrogen and oxygen atoms in total. The van der Waals surface area contributed by atoms with Crippen LogP contribution in [0.2, 0.25) is 0 Å². The molecule has 2 atom stereocenters. The van der Waals surface area contributed by atoms with Gasteiger partial charge in [0.1, 0.15) is 6.04 Å². The molecule has 0 aliphatic carbocycles. The Morgan fingerprint density at radius 3 is 2.52 bits per heavy atom. The maximum Gasteiger partial charge on any atom is 0.315 e. The molecule has 0 spiro atoms. The third-order valence-corrected chi connectivity index (χ3v) is 3.87. The number of amides is 2. The van der Waals surface area contributed by atoms with E-state index in [4.69, 9.17) is 4.42 Å². The van der Waals surface area contributed by atoms with Crippen molar-refractivity contribution in [2.45, 2.75) is 25.9 Å². The molecule has 130 valence electrons. The fourth-order valence-corrected chi connectivity index (χ4v) is 2.47. The molecule has 25 heavy (non-hydrogen) atoms. The standard InChI is InChI=1S/C18H21N5O2/c1-12(15-9-20-23(3)11-15)21-18(24)22-13(2)17-19-10-16(25-17)14-7-5-4-6-8-14/h4-13H,1-3H3,(H2,21,22,24)/t12-,13+/m0/s1. The Labute approximate surface area is 146 Å². The summed E-state index contributed by atoms with van der Waals surface area (Å²) in [6.07, 6.45) is 5.27. The van der Waals surface area contributed by atoms with E-state index in [1.54, 1.807) is 17.1 Å². The molecule has 2 heterocycles. The summed E-state index contributed by atoms with van der Waals surface area (Å²) in [6.45, 7) is 3.73. The maximum absolute atomic E-state index is 12.2.